The third-order valence-corrected chi connectivity index (χ3v) is 3.17. The third kappa shape index (κ3) is 3.02. The number of aliphatic hydroxyl groups excluding tert-OH is 1. The Morgan fingerprint density at radius 3 is 2.89 bits per heavy atom. The zero-order valence-corrected chi connectivity index (χ0v) is 10.9. The van der Waals surface area contributed by atoms with Gasteiger partial charge in [-0.1, -0.05) is 25.1 Å². The van der Waals surface area contributed by atoms with Gasteiger partial charge in [0.25, 0.3) is 0 Å². The fourth-order valence-corrected chi connectivity index (χ4v) is 2.16. The first kappa shape index (κ1) is 13.3. The van der Waals surface area contributed by atoms with Crippen LogP contribution in [0.1, 0.15) is 25.5 Å². The number of para-hydroxylation sites is 1. The SMILES string of the molecule is CCNC(C)c1ccccc1OC1COCC1O. The van der Waals surface area contributed by atoms with Crippen LogP contribution in [0.25, 0.3) is 0 Å². The molecule has 0 aliphatic carbocycles. The highest BCUT2D eigenvalue weighted by Gasteiger charge is 2.28. The predicted octanol–water partition coefficient (Wildman–Crippen LogP) is 1.50. The van der Waals surface area contributed by atoms with Crippen LogP contribution in [-0.4, -0.2) is 37.1 Å². The van der Waals surface area contributed by atoms with Crippen LogP contribution in [0.4, 0.5) is 0 Å². The first-order valence-corrected chi connectivity index (χ1v) is 6.47. The average Bonchev–Trinajstić information content (AvgIpc) is 2.76. The Labute approximate surface area is 108 Å². The molecule has 1 fully saturated rings. The van der Waals surface area contributed by atoms with Gasteiger partial charge in [-0.2, -0.15) is 0 Å². The van der Waals surface area contributed by atoms with Crippen molar-refractivity contribution in [2.75, 3.05) is 19.8 Å². The van der Waals surface area contributed by atoms with Crippen LogP contribution in [0.15, 0.2) is 24.3 Å². The molecule has 0 amide bonds. The molecular formula is C14H21NO3. The van der Waals surface area contributed by atoms with Crippen molar-refractivity contribution in [1.82, 2.24) is 5.32 Å². The molecule has 1 aromatic rings. The molecule has 4 nitrogen and oxygen atoms in total. The molecule has 2 N–H and O–H groups in total. The molecule has 1 aliphatic heterocycles. The second-order valence-electron chi connectivity index (χ2n) is 4.58. The van der Waals surface area contributed by atoms with Crippen LogP contribution in [0.2, 0.25) is 0 Å². The van der Waals surface area contributed by atoms with Gasteiger partial charge < -0.3 is 19.9 Å². The predicted molar refractivity (Wildman–Crippen MR) is 69.8 cm³/mol. The molecule has 1 aromatic carbocycles. The molecule has 1 saturated heterocycles. The molecule has 2 rings (SSSR count). The summed E-state index contributed by atoms with van der Waals surface area (Å²) in [5, 5.41) is 13.1. The maximum atomic E-state index is 9.72. The number of rotatable bonds is 5. The van der Waals surface area contributed by atoms with Gasteiger partial charge in [0.15, 0.2) is 0 Å². The van der Waals surface area contributed by atoms with Crippen molar-refractivity contribution in [3.05, 3.63) is 29.8 Å². The Hall–Kier alpha value is -1.10. The summed E-state index contributed by atoms with van der Waals surface area (Å²) >= 11 is 0. The molecule has 0 saturated carbocycles. The highest BCUT2D eigenvalue weighted by atomic mass is 16.6. The monoisotopic (exact) mass is 251 g/mol. The summed E-state index contributed by atoms with van der Waals surface area (Å²) in [6, 6.07) is 8.15. The van der Waals surface area contributed by atoms with Gasteiger partial charge in [0.05, 0.1) is 13.2 Å². The normalized spacial score (nSPS) is 25.1. The summed E-state index contributed by atoms with van der Waals surface area (Å²) in [6.07, 6.45) is -0.799. The molecule has 3 atom stereocenters. The fraction of sp³-hybridized carbons (Fsp3) is 0.571. The molecule has 0 spiro atoms. The Kier molecular flexibility index (Phi) is 4.58. The van der Waals surface area contributed by atoms with Gasteiger partial charge in [-0.05, 0) is 19.5 Å². The summed E-state index contributed by atoms with van der Waals surface area (Å²) in [5.41, 5.74) is 1.11. The summed E-state index contributed by atoms with van der Waals surface area (Å²) < 4.78 is 11.1. The highest BCUT2D eigenvalue weighted by molar-refractivity contribution is 5.36. The minimum absolute atomic E-state index is 0.227. The fourth-order valence-electron chi connectivity index (χ4n) is 2.16. The summed E-state index contributed by atoms with van der Waals surface area (Å²) in [5.74, 6) is 0.820. The Morgan fingerprint density at radius 2 is 2.22 bits per heavy atom. The van der Waals surface area contributed by atoms with Crippen molar-refractivity contribution in [1.29, 1.82) is 0 Å². The number of ether oxygens (including phenoxy) is 2. The zero-order valence-electron chi connectivity index (χ0n) is 10.9. The van der Waals surface area contributed by atoms with Crippen molar-refractivity contribution in [3.63, 3.8) is 0 Å². The van der Waals surface area contributed by atoms with E-state index < -0.39 is 6.10 Å². The number of aliphatic hydroxyl groups is 1. The van der Waals surface area contributed by atoms with E-state index in [9.17, 15) is 5.11 Å². The van der Waals surface area contributed by atoms with E-state index in [1.54, 1.807) is 0 Å². The Morgan fingerprint density at radius 1 is 1.44 bits per heavy atom. The number of nitrogens with one attached hydrogen (secondary N) is 1. The second-order valence-corrected chi connectivity index (χ2v) is 4.58. The quantitative estimate of drug-likeness (QED) is 0.832. The van der Waals surface area contributed by atoms with Crippen LogP contribution >= 0.6 is 0 Å². The van der Waals surface area contributed by atoms with E-state index in [4.69, 9.17) is 9.47 Å². The maximum absolute atomic E-state index is 9.72. The van der Waals surface area contributed by atoms with Crippen LogP contribution in [0, 0.1) is 0 Å². The molecule has 0 aromatic heterocycles. The lowest BCUT2D eigenvalue weighted by molar-refractivity contribution is 0.0724. The molecule has 0 radical (unpaired) electrons. The van der Waals surface area contributed by atoms with Gasteiger partial charge in [0.1, 0.15) is 18.0 Å². The van der Waals surface area contributed by atoms with Crippen LogP contribution in [-0.2, 0) is 4.74 Å². The molecule has 18 heavy (non-hydrogen) atoms. The van der Waals surface area contributed by atoms with E-state index in [0.717, 1.165) is 17.9 Å². The maximum Gasteiger partial charge on any atom is 0.150 e. The third-order valence-electron chi connectivity index (χ3n) is 3.17. The van der Waals surface area contributed by atoms with E-state index in [1.165, 1.54) is 0 Å². The number of hydrogen-bond acceptors (Lipinski definition) is 4. The topological polar surface area (TPSA) is 50.7 Å². The summed E-state index contributed by atoms with van der Waals surface area (Å²) in [7, 11) is 0. The highest BCUT2D eigenvalue weighted by Crippen LogP contribution is 2.27. The number of hydrogen-bond donors (Lipinski definition) is 2. The van der Waals surface area contributed by atoms with Crippen molar-refractivity contribution < 1.29 is 14.6 Å². The van der Waals surface area contributed by atoms with Gasteiger partial charge >= 0.3 is 0 Å². The van der Waals surface area contributed by atoms with Crippen molar-refractivity contribution >= 4 is 0 Å². The first-order valence-electron chi connectivity index (χ1n) is 6.47. The first-order chi connectivity index (χ1) is 8.72. The second kappa shape index (κ2) is 6.18. The van der Waals surface area contributed by atoms with Gasteiger partial charge in [0.2, 0.25) is 0 Å². The summed E-state index contributed by atoms with van der Waals surface area (Å²) in [4.78, 5) is 0. The molecule has 3 unspecified atom stereocenters. The minimum Gasteiger partial charge on any atom is -0.485 e. The van der Waals surface area contributed by atoms with Gasteiger partial charge in [-0.25, -0.2) is 0 Å². The van der Waals surface area contributed by atoms with Crippen LogP contribution in [0.5, 0.6) is 5.75 Å². The Bertz CT molecular complexity index is 383. The van der Waals surface area contributed by atoms with Crippen LogP contribution < -0.4 is 10.1 Å². The molecule has 100 valence electrons. The van der Waals surface area contributed by atoms with E-state index >= 15 is 0 Å². The van der Waals surface area contributed by atoms with E-state index in [0.29, 0.717) is 13.2 Å². The smallest absolute Gasteiger partial charge is 0.150 e. The van der Waals surface area contributed by atoms with E-state index in [1.807, 2.05) is 24.3 Å². The zero-order chi connectivity index (χ0) is 13.0. The largest absolute Gasteiger partial charge is 0.485 e. The lowest BCUT2D eigenvalue weighted by atomic mass is 10.1. The molecule has 4 heteroatoms. The molecule has 1 aliphatic rings. The summed E-state index contributed by atoms with van der Waals surface area (Å²) in [6.45, 7) is 5.90. The molecule has 0 bridgehead atoms. The van der Waals surface area contributed by atoms with Crippen molar-refractivity contribution in [2.24, 2.45) is 0 Å². The van der Waals surface area contributed by atoms with Crippen molar-refractivity contribution in [2.45, 2.75) is 32.1 Å². The number of benzene rings is 1. The van der Waals surface area contributed by atoms with Gasteiger partial charge in [0, 0.05) is 11.6 Å². The van der Waals surface area contributed by atoms with Gasteiger partial charge in [-0.3, -0.25) is 0 Å². The van der Waals surface area contributed by atoms with E-state index in [-0.39, 0.29) is 12.1 Å². The van der Waals surface area contributed by atoms with Crippen LogP contribution in [0.3, 0.4) is 0 Å². The lowest BCUT2D eigenvalue weighted by Gasteiger charge is -2.21. The van der Waals surface area contributed by atoms with Crippen molar-refractivity contribution in [3.8, 4) is 5.75 Å². The molecule has 1 heterocycles. The molecular weight excluding hydrogens is 230 g/mol. The van der Waals surface area contributed by atoms with E-state index in [2.05, 4.69) is 19.2 Å². The average molecular weight is 251 g/mol. The lowest BCUT2D eigenvalue weighted by Crippen LogP contribution is -2.30. The minimum atomic E-state index is -0.535. The standard InChI is InChI=1S/C14H21NO3/c1-3-15-10(2)11-6-4-5-7-13(11)18-14-9-17-8-12(14)16/h4-7,10,12,14-16H,3,8-9H2,1-2H3. The van der Waals surface area contributed by atoms with Gasteiger partial charge in [-0.15, -0.1) is 0 Å². The Balaban J connectivity index is 2.11.